The number of rotatable bonds is 1. The molecular formula is C9H8BrFN2O. The lowest BCUT2D eigenvalue weighted by atomic mass is 10.1. The van der Waals surface area contributed by atoms with Gasteiger partial charge in [-0.25, -0.2) is 4.39 Å². The van der Waals surface area contributed by atoms with E-state index in [4.69, 9.17) is 5.73 Å². The summed E-state index contributed by atoms with van der Waals surface area (Å²) in [5.74, 6) is -0.643. The average Bonchev–Trinajstić information content (AvgIpc) is 2.18. The van der Waals surface area contributed by atoms with Gasteiger partial charge < -0.3 is 10.6 Å². The molecule has 5 heteroatoms. The fourth-order valence-corrected chi connectivity index (χ4v) is 1.71. The fraction of sp³-hybridized carbons (Fsp3) is 0.222. The number of nitrogens with zero attached hydrogens (tertiary/aromatic N) is 1. The van der Waals surface area contributed by atoms with Gasteiger partial charge in [0.1, 0.15) is 11.9 Å². The van der Waals surface area contributed by atoms with E-state index < -0.39 is 11.9 Å². The van der Waals surface area contributed by atoms with E-state index >= 15 is 0 Å². The Kier molecular flexibility index (Phi) is 2.28. The molecule has 0 radical (unpaired) electrons. The molecule has 1 aromatic rings. The molecule has 2 N–H and O–H groups in total. The molecule has 0 saturated carbocycles. The number of amides is 1. The first kappa shape index (κ1) is 9.61. The van der Waals surface area contributed by atoms with Crippen molar-refractivity contribution in [2.75, 3.05) is 11.4 Å². The van der Waals surface area contributed by atoms with E-state index in [1.165, 1.54) is 11.0 Å². The predicted molar refractivity (Wildman–Crippen MR) is 54.4 cm³/mol. The second-order valence-corrected chi connectivity index (χ2v) is 4.07. The zero-order chi connectivity index (χ0) is 10.3. The van der Waals surface area contributed by atoms with Gasteiger partial charge in [0.05, 0.1) is 12.2 Å². The fourth-order valence-electron chi connectivity index (χ4n) is 1.36. The van der Waals surface area contributed by atoms with Crippen LogP contribution in [0.15, 0.2) is 22.7 Å². The van der Waals surface area contributed by atoms with Crippen molar-refractivity contribution < 1.29 is 9.18 Å². The number of anilines is 1. The molecule has 1 saturated heterocycles. The van der Waals surface area contributed by atoms with Crippen molar-refractivity contribution in [2.45, 2.75) is 6.04 Å². The van der Waals surface area contributed by atoms with Crippen molar-refractivity contribution in [1.29, 1.82) is 0 Å². The van der Waals surface area contributed by atoms with Crippen LogP contribution in [0.4, 0.5) is 10.1 Å². The Morgan fingerprint density at radius 3 is 2.86 bits per heavy atom. The SMILES string of the molecule is NC1CN(c2cc(Br)ccc2F)C1=O. The first-order valence-corrected chi connectivity index (χ1v) is 4.91. The van der Waals surface area contributed by atoms with Crippen LogP contribution < -0.4 is 10.6 Å². The zero-order valence-corrected chi connectivity index (χ0v) is 8.79. The van der Waals surface area contributed by atoms with E-state index in [-0.39, 0.29) is 11.6 Å². The zero-order valence-electron chi connectivity index (χ0n) is 7.21. The lowest BCUT2D eigenvalue weighted by Crippen LogP contribution is -2.61. The summed E-state index contributed by atoms with van der Waals surface area (Å²) >= 11 is 3.22. The number of nitrogens with two attached hydrogens (primary N) is 1. The van der Waals surface area contributed by atoms with Gasteiger partial charge in [-0.05, 0) is 18.2 Å². The van der Waals surface area contributed by atoms with E-state index in [2.05, 4.69) is 15.9 Å². The molecule has 1 aliphatic rings. The van der Waals surface area contributed by atoms with Crippen molar-refractivity contribution in [1.82, 2.24) is 0 Å². The largest absolute Gasteiger partial charge is 0.318 e. The highest BCUT2D eigenvalue weighted by Crippen LogP contribution is 2.27. The number of carbonyl (C=O) groups is 1. The summed E-state index contributed by atoms with van der Waals surface area (Å²) in [6, 6.07) is 3.99. The Morgan fingerprint density at radius 1 is 1.57 bits per heavy atom. The van der Waals surface area contributed by atoms with Crippen LogP contribution in [0, 0.1) is 5.82 Å². The molecule has 0 aliphatic carbocycles. The maximum Gasteiger partial charge on any atom is 0.245 e. The Morgan fingerprint density at radius 2 is 2.29 bits per heavy atom. The third kappa shape index (κ3) is 1.42. The molecule has 2 rings (SSSR count). The number of hydrogen-bond acceptors (Lipinski definition) is 2. The third-order valence-electron chi connectivity index (χ3n) is 2.16. The smallest absolute Gasteiger partial charge is 0.245 e. The van der Waals surface area contributed by atoms with Gasteiger partial charge in [0.25, 0.3) is 0 Å². The molecule has 0 spiro atoms. The summed E-state index contributed by atoms with van der Waals surface area (Å²) in [4.78, 5) is 12.6. The normalized spacial score (nSPS) is 20.9. The summed E-state index contributed by atoms with van der Waals surface area (Å²) in [5.41, 5.74) is 5.70. The van der Waals surface area contributed by atoms with Crippen LogP contribution in [0.3, 0.4) is 0 Å². The molecule has 3 nitrogen and oxygen atoms in total. The van der Waals surface area contributed by atoms with Crippen LogP contribution in [0.5, 0.6) is 0 Å². The quantitative estimate of drug-likeness (QED) is 0.772. The van der Waals surface area contributed by atoms with E-state index in [0.717, 1.165) is 4.47 Å². The Hall–Kier alpha value is -0.940. The van der Waals surface area contributed by atoms with Crippen molar-refractivity contribution in [3.8, 4) is 0 Å². The molecule has 0 aromatic heterocycles. The summed E-state index contributed by atoms with van der Waals surface area (Å²) in [6.07, 6.45) is 0. The van der Waals surface area contributed by atoms with Crippen LogP contribution >= 0.6 is 15.9 Å². The van der Waals surface area contributed by atoms with Crippen molar-refractivity contribution in [3.63, 3.8) is 0 Å². The van der Waals surface area contributed by atoms with Crippen molar-refractivity contribution >= 4 is 27.5 Å². The molecular weight excluding hydrogens is 251 g/mol. The predicted octanol–water partition coefficient (Wildman–Crippen LogP) is 1.26. The average molecular weight is 259 g/mol. The van der Waals surface area contributed by atoms with Crippen LogP contribution in [-0.4, -0.2) is 18.5 Å². The number of halogens is 2. The van der Waals surface area contributed by atoms with Crippen LogP contribution in [0.25, 0.3) is 0 Å². The summed E-state index contributed by atoms with van der Waals surface area (Å²) in [6.45, 7) is 0.381. The number of benzene rings is 1. The topological polar surface area (TPSA) is 46.3 Å². The second-order valence-electron chi connectivity index (χ2n) is 3.15. The summed E-state index contributed by atoms with van der Waals surface area (Å²) in [5, 5.41) is 0. The molecule has 1 aromatic carbocycles. The van der Waals surface area contributed by atoms with Gasteiger partial charge in [-0.1, -0.05) is 15.9 Å². The van der Waals surface area contributed by atoms with Crippen molar-refractivity contribution in [2.24, 2.45) is 5.73 Å². The van der Waals surface area contributed by atoms with E-state index in [0.29, 0.717) is 6.54 Å². The first-order valence-electron chi connectivity index (χ1n) is 4.11. The van der Waals surface area contributed by atoms with Crippen LogP contribution in [0.1, 0.15) is 0 Å². The maximum atomic E-state index is 13.3. The monoisotopic (exact) mass is 258 g/mol. The highest BCUT2D eigenvalue weighted by atomic mass is 79.9. The van der Waals surface area contributed by atoms with Crippen LogP contribution in [0.2, 0.25) is 0 Å². The van der Waals surface area contributed by atoms with Gasteiger partial charge in [0.2, 0.25) is 5.91 Å². The summed E-state index contributed by atoms with van der Waals surface area (Å²) < 4.78 is 14.0. The second kappa shape index (κ2) is 3.33. The van der Waals surface area contributed by atoms with Gasteiger partial charge in [-0.2, -0.15) is 0 Å². The molecule has 14 heavy (non-hydrogen) atoms. The molecule has 1 heterocycles. The number of carbonyl (C=O) groups excluding carboxylic acids is 1. The van der Waals surface area contributed by atoms with Gasteiger partial charge in [0, 0.05) is 4.47 Å². The van der Waals surface area contributed by atoms with E-state index in [9.17, 15) is 9.18 Å². The maximum absolute atomic E-state index is 13.3. The van der Waals surface area contributed by atoms with Gasteiger partial charge >= 0.3 is 0 Å². The molecule has 74 valence electrons. The minimum atomic E-state index is -0.478. The van der Waals surface area contributed by atoms with Gasteiger partial charge in [-0.15, -0.1) is 0 Å². The molecule has 0 bridgehead atoms. The van der Waals surface area contributed by atoms with E-state index in [1.807, 2.05) is 0 Å². The Labute approximate surface area is 88.8 Å². The highest BCUT2D eigenvalue weighted by molar-refractivity contribution is 9.10. The highest BCUT2D eigenvalue weighted by Gasteiger charge is 2.35. The molecule has 1 aliphatic heterocycles. The Balaban J connectivity index is 2.33. The van der Waals surface area contributed by atoms with Crippen molar-refractivity contribution in [3.05, 3.63) is 28.5 Å². The standard InChI is InChI=1S/C9H8BrFN2O/c10-5-1-2-6(11)8(3-5)13-4-7(12)9(13)14/h1-3,7H,4,12H2. The molecule has 1 amide bonds. The number of hydrogen-bond donors (Lipinski definition) is 1. The third-order valence-corrected chi connectivity index (χ3v) is 2.65. The van der Waals surface area contributed by atoms with E-state index in [1.54, 1.807) is 12.1 Å². The molecule has 1 atom stereocenters. The van der Waals surface area contributed by atoms with Gasteiger partial charge in [0.15, 0.2) is 0 Å². The summed E-state index contributed by atoms with van der Waals surface area (Å²) in [7, 11) is 0. The lowest BCUT2D eigenvalue weighted by Gasteiger charge is -2.36. The molecule has 1 fully saturated rings. The first-order chi connectivity index (χ1) is 6.59. The number of β-lactam (4-membered cyclic amide) rings is 1. The molecule has 1 unspecified atom stereocenters. The Bertz CT molecular complexity index is 396. The minimum Gasteiger partial charge on any atom is -0.318 e. The minimum absolute atomic E-state index is 0.234. The van der Waals surface area contributed by atoms with Gasteiger partial charge in [-0.3, -0.25) is 4.79 Å². The van der Waals surface area contributed by atoms with Crippen LogP contribution in [-0.2, 0) is 4.79 Å². The lowest BCUT2D eigenvalue weighted by molar-refractivity contribution is -0.123.